The van der Waals surface area contributed by atoms with E-state index in [1.165, 1.54) is 12.1 Å². The van der Waals surface area contributed by atoms with Crippen LogP contribution in [0.15, 0.2) is 60.8 Å². The van der Waals surface area contributed by atoms with Crippen molar-refractivity contribution in [3.8, 4) is 11.5 Å². The van der Waals surface area contributed by atoms with E-state index >= 15 is 0 Å². The predicted octanol–water partition coefficient (Wildman–Crippen LogP) is 3.91. The Kier molecular flexibility index (Phi) is 6.06. The molecule has 0 radical (unpaired) electrons. The van der Waals surface area contributed by atoms with Gasteiger partial charge in [0.25, 0.3) is 5.91 Å². The summed E-state index contributed by atoms with van der Waals surface area (Å²) in [6.45, 7) is 0.282. The van der Waals surface area contributed by atoms with Gasteiger partial charge in [-0.1, -0.05) is 12.1 Å². The third kappa shape index (κ3) is 4.76. The molecule has 3 rings (SSSR count). The van der Waals surface area contributed by atoms with Crippen LogP contribution in [-0.4, -0.2) is 25.1 Å². The zero-order valence-corrected chi connectivity index (χ0v) is 15.5. The van der Waals surface area contributed by atoms with Gasteiger partial charge < -0.3 is 20.1 Å². The van der Waals surface area contributed by atoms with E-state index in [0.717, 1.165) is 11.3 Å². The molecule has 6 nitrogen and oxygen atoms in total. The van der Waals surface area contributed by atoms with Gasteiger partial charge in [0.1, 0.15) is 23.0 Å². The minimum absolute atomic E-state index is 0.264. The quantitative estimate of drug-likeness (QED) is 0.649. The third-order valence-corrected chi connectivity index (χ3v) is 4.05. The zero-order chi connectivity index (χ0) is 19.9. The first-order valence-corrected chi connectivity index (χ1v) is 8.57. The van der Waals surface area contributed by atoms with E-state index in [2.05, 4.69) is 15.6 Å². The molecule has 1 heterocycles. The van der Waals surface area contributed by atoms with Gasteiger partial charge in [0.05, 0.1) is 19.9 Å². The third-order valence-electron chi connectivity index (χ3n) is 4.05. The Labute approximate surface area is 162 Å². The van der Waals surface area contributed by atoms with Gasteiger partial charge in [0.2, 0.25) is 0 Å². The van der Waals surface area contributed by atoms with Crippen molar-refractivity contribution in [3.63, 3.8) is 0 Å². The largest absolute Gasteiger partial charge is 0.497 e. The maximum absolute atomic E-state index is 13.0. The van der Waals surface area contributed by atoms with E-state index in [9.17, 15) is 9.18 Å². The van der Waals surface area contributed by atoms with Crippen LogP contribution < -0.4 is 20.1 Å². The van der Waals surface area contributed by atoms with Gasteiger partial charge in [-0.05, 0) is 42.0 Å². The first kappa shape index (κ1) is 19.2. The summed E-state index contributed by atoms with van der Waals surface area (Å²) in [5, 5.41) is 5.98. The molecule has 2 aromatic carbocycles. The van der Waals surface area contributed by atoms with Gasteiger partial charge in [-0.15, -0.1) is 0 Å². The van der Waals surface area contributed by atoms with Crippen LogP contribution in [0.25, 0.3) is 0 Å². The van der Waals surface area contributed by atoms with Crippen LogP contribution in [0.3, 0.4) is 0 Å². The Morgan fingerprint density at radius 1 is 1.04 bits per heavy atom. The lowest BCUT2D eigenvalue weighted by molar-refractivity contribution is 0.0946. The summed E-state index contributed by atoms with van der Waals surface area (Å²) in [6, 6.07) is 14.7. The number of hydrogen-bond acceptors (Lipinski definition) is 5. The average molecular weight is 381 g/mol. The molecule has 0 saturated carbocycles. The molecule has 3 aromatic rings. The predicted molar refractivity (Wildman–Crippen MR) is 105 cm³/mol. The van der Waals surface area contributed by atoms with Gasteiger partial charge >= 0.3 is 0 Å². The van der Waals surface area contributed by atoms with E-state index in [1.807, 2.05) is 12.1 Å². The average Bonchev–Trinajstić information content (AvgIpc) is 2.73. The standard InChI is InChI=1S/C21H20FN3O3/c1-27-17-7-8-18(20(12-17)28-2)25-16-9-10-23-19(11-16)21(26)24-13-14-3-5-15(22)6-4-14/h3-12H,13H2,1-2H3,(H,23,25)(H,24,26). The number of carbonyl (C=O) groups excluding carboxylic acids is 1. The molecule has 7 heteroatoms. The number of nitrogens with one attached hydrogen (secondary N) is 2. The first-order valence-electron chi connectivity index (χ1n) is 8.57. The number of methoxy groups -OCH3 is 2. The summed E-state index contributed by atoms with van der Waals surface area (Å²) in [5.74, 6) is 0.649. The number of pyridine rings is 1. The fraction of sp³-hybridized carbons (Fsp3) is 0.143. The van der Waals surface area contributed by atoms with E-state index in [1.54, 1.807) is 50.7 Å². The number of amides is 1. The molecule has 1 amide bonds. The molecular weight excluding hydrogens is 361 g/mol. The Hall–Kier alpha value is -3.61. The van der Waals surface area contributed by atoms with Crippen molar-refractivity contribution >= 4 is 17.3 Å². The minimum Gasteiger partial charge on any atom is -0.497 e. The van der Waals surface area contributed by atoms with Crippen LogP contribution in [0, 0.1) is 5.82 Å². The number of halogens is 1. The Bertz CT molecular complexity index is 961. The van der Waals surface area contributed by atoms with Crippen LogP contribution >= 0.6 is 0 Å². The highest BCUT2D eigenvalue weighted by Crippen LogP contribution is 2.31. The topological polar surface area (TPSA) is 72.5 Å². The number of benzene rings is 2. The molecule has 0 spiro atoms. The van der Waals surface area contributed by atoms with Crippen molar-refractivity contribution in [2.45, 2.75) is 6.54 Å². The SMILES string of the molecule is COc1ccc(Nc2ccnc(C(=O)NCc3ccc(F)cc3)c2)c(OC)c1. The molecule has 0 atom stereocenters. The van der Waals surface area contributed by atoms with Gasteiger partial charge in [0.15, 0.2) is 0 Å². The van der Waals surface area contributed by atoms with Crippen LogP contribution in [-0.2, 0) is 6.54 Å². The summed E-state index contributed by atoms with van der Waals surface area (Å²) in [7, 11) is 3.16. The van der Waals surface area contributed by atoms with Crippen LogP contribution in [0.2, 0.25) is 0 Å². The van der Waals surface area contributed by atoms with Crippen molar-refractivity contribution in [1.82, 2.24) is 10.3 Å². The van der Waals surface area contributed by atoms with Crippen molar-refractivity contribution in [1.29, 1.82) is 0 Å². The number of hydrogen-bond donors (Lipinski definition) is 2. The fourth-order valence-corrected chi connectivity index (χ4v) is 2.56. The molecule has 0 saturated heterocycles. The molecule has 0 unspecified atom stereocenters. The highest BCUT2D eigenvalue weighted by molar-refractivity contribution is 5.93. The number of nitrogens with zero attached hydrogens (tertiary/aromatic N) is 1. The van der Waals surface area contributed by atoms with Crippen molar-refractivity contribution in [2.75, 3.05) is 19.5 Å². The lowest BCUT2D eigenvalue weighted by Crippen LogP contribution is -2.23. The Morgan fingerprint density at radius 3 is 2.54 bits per heavy atom. The molecule has 0 fully saturated rings. The fourth-order valence-electron chi connectivity index (χ4n) is 2.56. The highest BCUT2D eigenvalue weighted by atomic mass is 19.1. The van der Waals surface area contributed by atoms with Crippen LogP contribution in [0.4, 0.5) is 15.8 Å². The summed E-state index contributed by atoms with van der Waals surface area (Å²) in [4.78, 5) is 16.5. The van der Waals surface area contributed by atoms with Gasteiger partial charge in [-0.25, -0.2) is 4.39 Å². The van der Waals surface area contributed by atoms with Crippen molar-refractivity contribution in [2.24, 2.45) is 0 Å². The number of rotatable bonds is 7. The number of carbonyl (C=O) groups is 1. The van der Waals surface area contributed by atoms with Crippen LogP contribution in [0.5, 0.6) is 11.5 Å². The number of aromatic nitrogens is 1. The van der Waals surface area contributed by atoms with E-state index in [-0.39, 0.29) is 24.0 Å². The lowest BCUT2D eigenvalue weighted by atomic mass is 10.2. The molecule has 0 aliphatic rings. The zero-order valence-electron chi connectivity index (χ0n) is 15.5. The first-order chi connectivity index (χ1) is 13.6. The van der Waals surface area contributed by atoms with E-state index in [4.69, 9.17) is 9.47 Å². The molecule has 28 heavy (non-hydrogen) atoms. The molecule has 1 aromatic heterocycles. The van der Waals surface area contributed by atoms with E-state index < -0.39 is 0 Å². The van der Waals surface area contributed by atoms with Gasteiger partial charge in [-0.2, -0.15) is 0 Å². The second-order valence-corrected chi connectivity index (χ2v) is 5.93. The smallest absolute Gasteiger partial charge is 0.270 e. The van der Waals surface area contributed by atoms with Crippen molar-refractivity contribution < 1.29 is 18.7 Å². The summed E-state index contributed by atoms with van der Waals surface area (Å²) in [6.07, 6.45) is 1.55. The molecule has 0 aliphatic carbocycles. The van der Waals surface area contributed by atoms with Gasteiger partial charge in [-0.3, -0.25) is 9.78 Å². The molecule has 0 bridgehead atoms. The van der Waals surface area contributed by atoms with Gasteiger partial charge in [0, 0.05) is 24.5 Å². The van der Waals surface area contributed by atoms with Crippen molar-refractivity contribution in [3.05, 3.63) is 77.9 Å². The monoisotopic (exact) mass is 381 g/mol. The van der Waals surface area contributed by atoms with Crippen LogP contribution in [0.1, 0.15) is 16.1 Å². The molecule has 2 N–H and O–H groups in total. The summed E-state index contributed by atoms with van der Waals surface area (Å²) < 4.78 is 23.5. The number of anilines is 2. The normalized spacial score (nSPS) is 10.2. The minimum atomic E-state index is -0.324. The number of ether oxygens (including phenoxy) is 2. The molecule has 144 valence electrons. The summed E-state index contributed by atoms with van der Waals surface area (Å²) in [5.41, 5.74) is 2.48. The highest BCUT2D eigenvalue weighted by Gasteiger charge is 2.10. The second kappa shape index (κ2) is 8.85. The maximum atomic E-state index is 13.0. The molecular formula is C21H20FN3O3. The van der Waals surface area contributed by atoms with E-state index in [0.29, 0.717) is 17.2 Å². The lowest BCUT2D eigenvalue weighted by Gasteiger charge is -2.13. The second-order valence-electron chi connectivity index (χ2n) is 5.93. The Morgan fingerprint density at radius 2 is 1.82 bits per heavy atom. The summed E-state index contributed by atoms with van der Waals surface area (Å²) >= 11 is 0. The maximum Gasteiger partial charge on any atom is 0.270 e. The Balaban J connectivity index is 1.69. The molecule has 0 aliphatic heterocycles.